The van der Waals surface area contributed by atoms with Gasteiger partial charge in [0.2, 0.25) is 0 Å². The number of hydrogen-bond donors (Lipinski definition) is 1. The number of carbonyl (C=O) groups is 2. The number of rotatable bonds is 4. The molecule has 0 spiro atoms. The number of hydrogen-bond acceptors (Lipinski definition) is 3. The Labute approximate surface area is 219 Å². The van der Waals surface area contributed by atoms with Gasteiger partial charge >= 0.3 is 0 Å². The second-order valence-corrected chi connectivity index (χ2v) is 11.7. The van der Waals surface area contributed by atoms with Crippen molar-refractivity contribution in [1.29, 1.82) is 0 Å². The molecule has 5 rings (SSSR count). The normalized spacial score (nSPS) is 23.4. The van der Waals surface area contributed by atoms with E-state index in [0.29, 0.717) is 43.5 Å². The zero-order chi connectivity index (χ0) is 25.4. The van der Waals surface area contributed by atoms with Crippen LogP contribution in [0.25, 0.3) is 0 Å². The highest BCUT2D eigenvalue weighted by Crippen LogP contribution is 2.36. The van der Waals surface area contributed by atoms with Crippen LogP contribution in [0.3, 0.4) is 0 Å². The van der Waals surface area contributed by atoms with Crippen molar-refractivity contribution in [3.63, 3.8) is 0 Å². The van der Waals surface area contributed by atoms with Gasteiger partial charge in [-0.3, -0.25) is 9.59 Å². The van der Waals surface area contributed by atoms with Gasteiger partial charge < -0.3 is 10.2 Å². The fourth-order valence-corrected chi connectivity index (χ4v) is 6.77. The van der Waals surface area contributed by atoms with Crippen LogP contribution < -0.4 is 10.2 Å². The van der Waals surface area contributed by atoms with E-state index in [0.717, 1.165) is 18.4 Å². The molecule has 7 heteroatoms. The summed E-state index contributed by atoms with van der Waals surface area (Å²) in [5.41, 5.74) is 2.16. The average Bonchev–Trinajstić information content (AvgIpc) is 2.96. The quantitative estimate of drug-likeness (QED) is 0.444. The highest BCUT2D eigenvalue weighted by molar-refractivity contribution is 7.85. The third-order valence-electron chi connectivity index (χ3n) is 7.53. The second kappa shape index (κ2) is 10.2. The molecule has 1 N–H and O–H groups in total. The predicted molar refractivity (Wildman–Crippen MR) is 143 cm³/mol. The van der Waals surface area contributed by atoms with Gasteiger partial charge in [-0.15, -0.1) is 0 Å². The van der Waals surface area contributed by atoms with E-state index in [2.05, 4.69) is 19.2 Å². The number of nitrogens with zero attached hydrogens (tertiary/aromatic N) is 1. The van der Waals surface area contributed by atoms with Crippen molar-refractivity contribution in [3.05, 3.63) is 88.4 Å². The van der Waals surface area contributed by atoms with Crippen LogP contribution >= 0.6 is 11.6 Å². The van der Waals surface area contributed by atoms with E-state index in [1.54, 1.807) is 53.4 Å². The molecule has 36 heavy (non-hydrogen) atoms. The molecule has 0 aromatic heterocycles. The maximum atomic E-state index is 13.8. The van der Waals surface area contributed by atoms with Gasteiger partial charge in [0.1, 0.15) is 0 Å². The Morgan fingerprint density at radius 3 is 2.64 bits per heavy atom. The smallest absolute Gasteiger partial charge is 0.259 e. The number of anilines is 1. The van der Waals surface area contributed by atoms with E-state index >= 15 is 0 Å². The van der Waals surface area contributed by atoms with Crippen LogP contribution in [0.1, 0.15) is 59.4 Å². The van der Waals surface area contributed by atoms with E-state index in [9.17, 15) is 13.8 Å². The predicted octanol–water partition coefficient (Wildman–Crippen LogP) is 6.22. The molecule has 4 atom stereocenters. The van der Waals surface area contributed by atoms with Crippen LogP contribution in [0.2, 0.25) is 5.02 Å². The first-order valence-electron chi connectivity index (χ1n) is 12.4. The minimum absolute atomic E-state index is 0.114. The van der Waals surface area contributed by atoms with E-state index in [-0.39, 0.29) is 24.4 Å². The van der Waals surface area contributed by atoms with Gasteiger partial charge in [-0.25, -0.2) is 4.21 Å². The lowest BCUT2D eigenvalue weighted by molar-refractivity contribution is 0.0889. The minimum atomic E-state index is -1.57. The summed E-state index contributed by atoms with van der Waals surface area (Å²) < 4.78 is 13.6. The monoisotopic (exact) mass is 520 g/mol. The average molecular weight is 521 g/mol. The summed E-state index contributed by atoms with van der Waals surface area (Å²) in [5, 5.41) is 3.79. The Kier molecular flexibility index (Phi) is 7.00. The van der Waals surface area contributed by atoms with Crippen molar-refractivity contribution in [1.82, 2.24) is 5.32 Å². The van der Waals surface area contributed by atoms with Crippen molar-refractivity contribution in [2.24, 2.45) is 11.8 Å². The summed E-state index contributed by atoms with van der Waals surface area (Å²) in [4.78, 5) is 29.7. The zero-order valence-electron chi connectivity index (χ0n) is 20.4. The maximum Gasteiger partial charge on any atom is 0.259 e. The molecule has 2 aliphatic rings. The van der Waals surface area contributed by atoms with Crippen LogP contribution in [0.4, 0.5) is 5.69 Å². The van der Waals surface area contributed by atoms with Crippen LogP contribution in [0.15, 0.2) is 76.5 Å². The van der Waals surface area contributed by atoms with Gasteiger partial charge in [0.05, 0.1) is 38.4 Å². The summed E-state index contributed by atoms with van der Waals surface area (Å²) in [5.74, 6) is 0.519. The molecule has 1 fully saturated rings. The number of amides is 2. The van der Waals surface area contributed by atoms with E-state index in [1.165, 1.54) is 6.42 Å². The molecule has 3 aromatic carbocycles. The summed E-state index contributed by atoms with van der Waals surface area (Å²) in [6.45, 7) is 4.66. The molecule has 186 valence electrons. The Morgan fingerprint density at radius 1 is 1.03 bits per heavy atom. The fraction of sp³-hybridized carbons (Fsp3) is 0.310. The lowest BCUT2D eigenvalue weighted by Crippen LogP contribution is -2.43. The maximum absolute atomic E-state index is 13.8. The summed E-state index contributed by atoms with van der Waals surface area (Å²) in [7, 11) is -1.57. The van der Waals surface area contributed by atoms with Crippen molar-refractivity contribution < 1.29 is 13.8 Å². The SMILES string of the molecule is C[C@H]1[C@H](C)CCC[C@@H]1NC(=O)c1ccc2c(c1)N(Cc1cccc(Cl)c1)C(=O)c1ccccc1[S@@]2=O. The Bertz CT molecular complexity index is 1360. The summed E-state index contributed by atoms with van der Waals surface area (Å²) in [6.07, 6.45) is 3.24. The molecule has 0 unspecified atom stereocenters. The first-order chi connectivity index (χ1) is 17.3. The number of benzene rings is 3. The third kappa shape index (κ3) is 4.72. The van der Waals surface area contributed by atoms with Crippen LogP contribution in [0, 0.1) is 11.8 Å². The molecule has 1 heterocycles. The Balaban J connectivity index is 1.55. The molecule has 0 bridgehead atoms. The van der Waals surface area contributed by atoms with Gasteiger partial charge in [-0.1, -0.05) is 62.6 Å². The minimum Gasteiger partial charge on any atom is -0.349 e. The summed E-state index contributed by atoms with van der Waals surface area (Å²) in [6, 6.07) is 19.5. The Hall–Kier alpha value is -2.96. The van der Waals surface area contributed by atoms with Gasteiger partial charge in [0, 0.05) is 16.6 Å². The first-order valence-corrected chi connectivity index (χ1v) is 13.9. The van der Waals surface area contributed by atoms with Crippen LogP contribution in [-0.2, 0) is 17.3 Å². The third-order valence-corrected chi connectivity index (χ3v) is 9.26. The molecular formula is C29H29ClN2O3S. The molecule has 5 nitrogen and oxygen atoms in total. The lowest BCUT2D eigenvalue weighted by atomic mass is 9.78. The van der Waals surface area contributed by atoms with Crippen molar-refractivity contribution in [2.75, 3.05) is 4.90 Å². The van der Waals surface area contributed by atoms with Crippen molar-refractivity contribution in [3.8, 4) is 0 Å². The van der Waals surface area contributed by atoms with Crippen molar-refractivity contribution >= 4 is 39.9 Å². The molecule has 0 radical (unpaired) electrons. The molecule has 0 saturated heterocycles. The standard InChI is InChI=1S/C29H29ClN2O3S/c1-18-7-5-11-24(19(18)2)31-28(33)21-13-14-27-25(16-21)32(17-20-8-6-9-22(30)15-20)29(34)23-10-3-4-12-26(23)36(27)35/h3-4,6,8-10,12-16,18-19,24H,5,7,11,17H2,1-2H3,(H,31,33)/t18-,19+,24+,36+/m1/s1. The van der Waals surface area contributed by atoms with Crippen molar-refractivity contribution in [2.45, 2.75) is 55.5 Å². The molecule has 1 aliphatic carbocycles. The van der Waals surface area contributed by atoms with Gasteiger partial charge in [-0.05, 0) is 66.3 Å². The topological polar surface area (TPSA) is 66.5 Å². The number of carbonyl (C=O) groups excluding carboxylic acids is 2. The molecule has 3 aromatic rings. The van der Waals surface area contributed by atoms with E-state index < -0.39 is 10.8 Å². The molecule has 1 aliphatic heterocycles. The van der Waals surface area contributed by atoms with E-state index in [1.807, 2.05) is 18.2 Å². The first kappa shape index (κ1) is 24.7. The zero-order valence-corrected chi connectivity index (χ0v) is 21.9. The summed E-state index contributed by atoms with van der Waals surface area (Å²) >= 11 is 6.21. The number of halogens is 1. The van der Waals surface area contributed by atoms with Gasteiger partial charge in [-0.2, -0.15) is 0 Å². The van der Waals surface area contributed by atoms with Crippen LogP contribution in [-0.4, -0.2) is 22.1 Å². The van der Waals surface area contributed by atoms with Gasteiger partial charge in [0.25, 0.3) is 11.8 Å². The van der Waals surface area contributed by atoms with Gasteiger partial charge in [0.15, 0.2) is 0 Å². The number of nitrogens with one attached hydrogen (secondary N) is 1. The highest BCUT2D eigenvalue weighted by Gasteiger charge is 2.33. The largest absolute Gasteiger partial charge is 0.349 e. The second-order valence-electron chi connectivity index (χ2n) is 9.82. The highest BCUT2D eigenvalue weighted by atomic mass is 35.5. The molecule has 2 amide bonds. The molecular weight excluding hydrogens is 492 g/mol. The Morgan fingerprint density at radius 2 is 1.83 bits per heavy atom. The molecule has 1 saturated carbocycles. The fourth-order valence-electron chi connectivity index (χ4n) is 5.22. The number of fused-ring (bicyclic) bond motifs is 2. The lowest BCUT2D eigenvalue weighted by Gasteiger charge is -2.34. The van der Waals surface area contributed by atoms with Crippen LogP contribution in [0.5, 0.6) is 0 Å². The van der Waals surface area contributed by atoms with E-state index in [4.69, 9.17) is 11.6 Å².